The molecule has 1 saturated heterocycles. The van der Waals surface area contributed by atoms with Crippen molar-refractivity contribution in [3.63, 3.8) is 0 Å². The van der Waals surface area contributed by atoms with Crippen molar-refractivity contribution < 1.29 is 8.42 Å². The van der Waals surface area contributed by atoms with Crippen LogP contribution in [-0.4, -0.2) is 49.1 Å². The van der Waals surface area contributed by atoms with Crippen LogP contribution in [-0.2, 0) is 10.0 Å². The molecule has 0 spiro atoms. The van der Waals surface area contributed by atoms with Crippen LogP contribution in [0.1, 0.15) is 25.7 Å². The van der Waals surface area contributed by atoms with E-state index in [9.17, 15) is 8.42 Å². The summed E-state index contributed by atoms with van der Waals surface area (Å²) in [6.07, 6.45) is 4.99. The van der Waals surface area contributed by atoms with Gasteiger partial charge >= 0.3 is 0 Å². The lowest BCUT2D eigenvalue weighted by Gasteiger charge is -2.37. The van der Waals surface area contributed by atoms with Gasteiger partial charge in [0.2, 0.25) is 10.0 Å². The van der Waals surface area contributed by atoms with Gasteiger partial charge in [-0.25, -0.2) is 17.7 Å². The minimum atomic E-state index is -3.08. The predicted octanol–water partition coefficient (Wildman–Crippen LogP) is 2.13. The molecule has 5 nitrogen and oxygen atoms in total. The van der Waals surface area contributed by atoms with Crippen LogP contribution in [0.15, 0.2) is 18.3 Å². The maximum absolute atomic E-state index is 12.3. The Hall–Kier alpha value is -0.850. The zero-order chi connectivity index (χ0) is 15.0. The molecule has 116 valence electrons. The first kappa shape index (κ1) is 15.1. The van der Waals surface area contributed by atoms with Crippen molar-refractivity contribution in [2.24, 2.45) is 0 Å². The van der Waals surface area contributed by atoms with E-state index in [1.807, 2.05) is 12.1 Å². The minimum absolute atomic E-state index is 0.0920. The molecule has 0 N–H and O–H groups in total. The Morgan fingerprint density at radius 1 is 1.29 bits per heavy atom. The number of aromatic nitrogens is 1. The highest BCUT2D eigenvalue weighted by Gasteiger charge is 2.41. The second-order valence-corrected chi connectivity index (χ2v) is 8.47. The first-order valence-corrected chi connectivity index (χ1v) is 9.20. The number of anilines is 1. The number of hydrogen-bond donors (Lipinski definition) is 0. The van der Waals surface area contributed by atoms with E-state index >= 15 is 0 Å². The van der Waals surface area contributed by atoms with Gasteiger partial charge in [0.1, 0.15) is 5.82 Å². The third-order valence-electron chi connectivity index (χ3n) is 4.36. The van der Waals surface area contributed by atoms with Crippen molar-refractivity contribution in [2.45, 2.75) is 37.0 Å². The lowest BCUT2D eigenvalue weighted by atomic mass is 10.1. The summed E-state index contributed by atoms with van der Waals surface area (Å²) >= 11 is 6.17. The molecule has 0 atom stereocenters. The van der Waals surface area contributed by atoms with E-state index in [2.05, 4.69) is 9.88 Å². The van der Waals surface area contributed by atoms with Crippen LogP contribution in [0.25, 0.3) is 0 Å². The predicted molar refractivity (Wildman–Crippen MR) is 84.2 cm³/mol. The average molecular weight is 330 g/mol. The van der Waals surface area contributed by atoms with Crippen molar-refractivity contribution in [1.29, 1.82) is 0 Å². The Morgan fingerprint density at radius 3 is 2.52 bits per heavy atom. The zero-order valence-corrected chi connectivity index (χ0v) is 13.6. The molecule has 1 aromatic heterocycles. The molecule has 7 heteroatoms. The van der Waals surface area contributed by atoms with Gasteiger partial charge in [-0.05, 0) is 37.8 Å². The third kappa shape index (κ3) is 3.03. The number of rotatable bonds is 4. The van der Waals surface area contributed by atoms with Crippen molar-refractivity contribution in [1.82, 2.24) is 9.29 Å². The standard InChI is InChI=1S/C14H20ClN3O2S/c1-17(21(19,20)12-4-5-12)11-6-9-18(10-7-11)14-13(15)3-2-8-16-14/h2-3,8,11-12H,4-7,9-10H2,1H3. The van der Waals surface area contributed by atoms with Crippen molar-refractivity contribution in [3.8, 4) is 0 Å². The highest BCUT2D eigenvalue weighted by atomic mass is 35.5. The largest absolute Gasteiger partial charge is 0.355 e. The van der Waals surface area contributed by atoms with Gasteiger partial charge in [0.15, 0.2) is 0 Å². The van der Waals surface area contributed by atoms with Gasteiger partial charge in [0.05, 0.1) is 10.3 Å². The van der Waals surface area contributed by atoms with E-state index in [1.54, 1.807) is 17.5 Å². The molecule has 2 fully saturated rings. The zero-order valence-electron chi connectivity index (χ0n) is 12.1. The fourth-order valence-corrected chi connectivity index (χ4v) is 4.93. The highest BCUT2D eigenvalue weighted by Crippen LogP contribution is 2.33. The van der Waals surface area contributed by atoms with Crippen molar-refractivity contribution >= 4 is 27.4 Å². The first-order chi connectivity index (χ1) is 10.00. The second kappa shape index (κ2) is 5.74. The summed E-state index contributed by atoms with van der Waals surface area (Å²) < 4.78 is 26.2. The number of halogens is 1. The maximum atomic E-state index is 12.3. The number of nitrogens with zero attached hydrogens (tertiary/aromatic N) is 3. The summed E-state index contributed by atoms with van der Waals surface area (Å²) in [6.45, 7) is 1.57. The van der Waals surface area contributed by atoms with Crippen molar-refractivity contribution in [3.05, 3.63) is 23.4 Å². The Morgan fingerprint density at radius 2 is 1.95 bits per heavy atom. The van der Waals surface area contributed by atoms with E-state index in [0.29, 0.717) is 5.02 Å². The smallest absolute Gasteiger partial charge is 0.216 e. The van der Waals surface area contributed by atoms with Gasteiger partial charge in [-0.15, -0.1) is 0 Å². The van der Waals surface area contributed by atoms with Crippen LogP contribution in [0.2, 0.25) is 5.02 Å². The number of hydrogen-bond acceptors (Lipinski definition) is 4. The molecule has 21 heavy (non-hydrogen) atoms. The molecule has 1 saturated carbocycles. The first-order valence-electron chi connectivity index (χ1n) is 7.32. The molecule has 0 aromatic carbocycles. The van der Waals surface area contributed by atoms with Crippen molar-refractivity contribution in [2.75, 3.05) is 25.0 Å². The quantitative estimate of drug-likeness (QED) is 0.849. The summed E-state index contributed by atoms with van der Waals surface area (Å²) in [5.74, 6) is 0.797. The molecule has 1 aromatic rings. The van der Waals surface area contributed by atoms with Gasteiger partial charge in [-0.2, -0.15) is 0 Å². The van der Waals surface area contributed by atoms with Gasteiger partial charge in [0, 0.05) is 32.4 Å². The summed E-state index contributed by atoms with van der Waals surface area (Å²) in [4.78, 5) is 6.46. The maximum Gasteiger partial charge on any atom is 0.216 e. The summed E-state index contributed by atoms with van der Waals surface area (Å²) in [7, 11) is -1.36. The van der Waals surface area contributed by atoms with Crippen LogP contribution in [0, 0.1) is 0 Å². The Bertz CT molecular complexity index is 610. The summed E-state index contributed by atoms with van der Waals surface area (Å²) in [5, 5.41) is 0.515. The molecule has 2 aliphatic rings. The third-order valence-corrected chi connectivity index (χ3v) is 7.07. The molecule has 3 rings (SSSR count). The monoisotopic (exact) mass is 329 g/mol. The second-order valence-electron chi connectivity index (χ2n) is 5.79. The SMILES string of the molecule is CN(C1CCN(c2ncccc2Cl)CC1)S(=O)(=O)C1CC1. The fraction of sp³-hybridized carbons (Fsp3) is 0.643. The van der Waals surface area contributed by atoms with E-state index in [1.165, 1.54) is 0 Å². The van der Waals surface area contributed by atoms with Gasteiger partial charge in [-0.1, -0.05) is 11.6 Å². The Balaban J connectivity index is 1.64. The van der Waals surface area contributed by atoms with Gasteiger partial charge in [-0.3, -0.25) is 0 Å². The lowest BCUT2D eigenvalue weighted by Crippen LogP contribution is -2.46. The highest BCUT2D eigenvalue weighted by molar-refractivity contribution is 7.90. The molecule has 0 amide bonds. The van der Waals surface area contributed by atoms with Crippen LogP contribution < -0.4 is 4.90 Å². The topological polar surface area (TPSA) is 53.5 Å². The molecule has 2 heterocycles. The van der Waals surface area contributed by atoms with E-state index in [-0.39, 0.29) is 11.3 Å². The molecule has 0 bridgehead atoms. The minimum Gasteiger partial charge on any atom is -0.355 e. The molecule has 1 aliphatic heterocycles. The van der Waals surface area contributed by atoms with E-state index in [4.69, 9.17) is 11.6 Å². The Labute approximate surface area is 131 Å². The Kier molecular flexibility index (Phi) is 4.12. The molecule has 0 unspecified atom stereocenters. The van der Waals surface area contributed by atoms with Gasteiger partial charge in [0.25, 0.3) is 0 Å². The van der Waals surface area contributed by atoms with Crippen LogP contribution in [0.4, 0.5) is 5.82 Å². The fourth-order valence-electron chi connectivity index (χ4n) is 2.86. The summed E-state index contributed by atoms with van der Waals surface area (Å²) in [5.41, 5.74) is 0. The van der Waals surface area contributed by atoms with E-state index in [0.717, 1.165) is 44.6 Å². The lowest BCUT2D eigenvalue weighted by molar-refractivity contribution is 0.311. The molecule has 0 radical (unpaired) electrons. The molecule has 1 aliphatic carbocycles. The van der Waals surface area contributed by atoms with Crippen LogP contribution >= 0.6 is 11.6 Å². The summed E-state index contributed by atoms with van der Waals surface area (Å²) in [6, 6.07) is 3.74. The molecular weight excluding hydrogens is 310 g/mol. The number of pyridine rings is 1. The van der Waals surface area contributed by atoms with Crippen LogP contribution in [0.3, 0.4) is 0 Å². The molecular formula is C14H20ClN3O2S. The average Bonchev–Trinajstić information content (AvgIpc) is 3.32. The normalized spacial score (nSPS) is 21.0. The number of sulfonamides is 1. The van der Waals surface area contributed by atoms with E-state index < -0.39 is 10.0 Å². The van der Waals surface area contributed by atoms with Crippen LogP contribution in [0.5, 0.6) is 0 Å². The number of piperidine rings is 1. The van der Waals surface area contributed by atoms with Gasteiger partial charge < -0.3 is 4.90 Å².